The fourth-order valence-corrected chi connectivity index (χ4v) is 9.49. The van der Waals surface area contributed by atoms with Crippen molar-refractivity contribution < 1.29 is 20.8 Å². The summed E-state index contributed by atoms with van der Waals surface area (Å²) in [5.74, 6) is 1.80. The van der Waals surface area contributed by atoms with Gasteiger partial charge in [-0.1, -0.05) is 170 Å². The van der Waals surface area contributed by atoms with Crippen molar-refractivity contribution in [3.63, 3.8) is 0 Å². The van der Waals surface area contributed by atoms with E-state index < -0.39 is 20.8 Å². The molecular formula is C52H64Cl2SiZr. The van der Waals surface area contributed by atoms with E-state index in [0.29, 0.717) is 0 Å². The summed E-state index contributed by atoms with van der Waals surface area (Å²) in [5.41, 5.74) is 16.7. The van der Waals surface area contributed by atoms with Crippen LogP contribution in [0.1, 0.15) is 109 Å². The van der Waals surface area contributed by atoms with Crippen LogP contribution in [-0.4, -0.2) is 9.52 Å². The first-order valence-corrected chi connectivity index (χ1v) is 29.4. The first-order chi connectivity index (χ1) is 27.0. The van der Waals surface area contributed by atoms with Gasteiger partial charge in [0.05, 0.1) is 0 Å². The third-order valence-electron chi connectivity index (χ3n) is 11.6. The van der Waals surface area contributed by atoms with Gasteiger partial charge in [-0.15, -0.1) is 56.9 Å². The quantitative estimate of drug-likeness (QED) is 0.116. The molecule has 6 aromatic carbocycles. The third-order valence-corrected chi connectivity index (χ3v) is 11.6. The minimum absolute atomic E-state index is 0.826. The maximum atomic E-state index is 4.93. The molecule has 2 fully saturated rings. The van der Waals surface area contributed by atoms with E-state index in [9.17, 15) is 0 Å². The predicted molar refractivity (Wildman–Crippen MR) is 248 cm³/mol. The van der Waals surface area contributed by atoms with Crippen molar-refractivity contribution in [1.29, 1.82) is 0 Å². The Hall–Kier alpha value is -2.22. The van der Waals surface area contributed by atoms with Crippen molar-refractivity contribution in [3.05, 3.63) is 129 Å². The Balaban J connectivity index is 0.000000188. The van der Waals surface area contributed by atoms with Crippen LogP contribution in [-0.2, 0) is 33.7 Å². The SMILES string of the molecule is C[Si]C.Cc1cc(C)cc(-c2cc(C)cc3[cH-]c(CC4CCCCC4)cc23)c1.Cc1cc(C)cc(-c2cc(C)cc3[cH-]c(CC4CCCCC4)cc23)c1.[Cl][Zr+2][Cl]. The van der Waals surface area contributed by atoms with E-state index in [1.165, 1.54) is 165 Å². The predicted octanol–water partition coefficient (Wildman–Crippen LogP) is 16.7. The Bertz CT molecular complexity index is 1950. The average molecular weight is 879 g/mol. The Kier molecular flexibility index (Phi) is 17.8. The first-order valence-electron chi connectivity index (χ1n) is 21.1. The molecule has 0 saturated heterocycles. The standard InChI is InChI=1S/2C25H29.C2H6Si.2ClH.Zr/c2*1-17-9-18(2)11-22(10-17)24-13-19(3)12-23-15-21(16-25(23)24)14-20-7-5-4-6-8-20;1-3-2;;;/h2*9-13,15-16,20H,4-8,14H2,1-3H3;1-2H3;2*1H;/q2*-1;;;;+4/p-2. The molecule has 0 nitrogen and oxygen atoms in total. The number of aryl methyl sites for hydroxylation is 6. The Morgan fingerprint density at radius 3 is 1.11 bits per heavy atom. The minimum atomic E-state index is -0.826. The van der Waals surface area contributed by atoms with Gasteiger partial charge in [0.15, 0.2) is 0 Å². The van der Waals surface area contributed by atoms with Crippen LogP contribution in [0.5, 0.6) is 0 Å². The van der Waals surface area contributed by atoms with Gasteiger partial charge in [-0.3, -0.25) is 0 Å². The Morgan fingerprint density at radius 2 is 0.786 bits per heavy atom. The van der Waals surface area contributed by atoms with Crippen molar-refractivity contribution in [2.75, 3.05) is 0 Å². The summed E-state index contributed by atoms with van der Waals surface area (Å²) in [6.45, 7) is 17.5. The van der Waals surface area contributed by atoms with E-state index in [1.807, 2.05) is 0 Å². The molecule has 2 aliphatic carbocycles. The summed E-state index contributed by atoms with van der Waals surface area (Å²) in [4.78, 5) is 0. The molecule has 2 radical (unpaired) electrons. The number of hydrogen-bond donors (Lipinski definition) is 0. The fourth-order valence-electron chi connectivity index (χ4n) is 9.49. The van der Waals surface area contributed by atoms with Crippen LogP contribution in [0.2, 0.25) is 13.1 Å². The van der Waals surface area contributed by atoms with Crippen LogP contribution >= 0.6 is 17.0 Å². The molecule has 4 heteroatoms. The summed E-state index contributed by atoms with van der Waals surface area (Å²) in [6.07, 6.45) is 16.8. The molecule has 0 N–H and O–H groups in total. The summed E-state index contributed by atoms with van der Waals surface area (Å²) >= 11 is -0.826. The molecule has 0 atom stereocenters. The zero-order chi connectivity index (χ0) is 40.2. The van der Waals surface area contributed by atoms with Crippen LogP contribution in [0.3, 0.4) is 0 Å². The topological polar surface area (TPSA) is 0 Å². The Morgan fingerprint density at radius 1 is 0.482 bits per heavy atom. The molecule has 0 aliphatic heterocycles. The average Bonchev–Trinajstić information content (AvgIpc) is 3.74. The number of hydrogen-bond acceptors (Lipinski definition) is 0. The number of halogens is 2. The monoisotopic (exact) mass is 876 g/mol. The molecule has 0 aromatic heterocycles. The molecule has 0 bridgehead atoms. The van der Waals surface area contributed by atoms with Crippen molar-refractivity contribution in [2.45, 2.75) is 132 Å². The second-order valence-corrected chi connectivity index (χ2v) is 21.8. The summed E-state index contributed by atoms with van der Waals surface area (Å²) in [6, 6.07) is 33.1. The van der Waals surface area contributed by atoms with Gasteiger partial charge >= 0.3 is 37.9 Å². The van der Waals surface area contributed by atoms with Gasteiger partial charge < -0.3 is 0 Å². The molecule has 0 unspecified atom stereocenters. The third kappa shape index (κ3) is 12.9. The second-order valence-electron chi connectivity index (χ2n) is 17.1. The summed E-state index contributed by atoms with van der Waals surface area (Å²) < 4.78 is 0. The van der Waals surface area contributed by atoms with Crippen LogP contribution in [0.15, 0.2) is 84.9 Å². The molecule has 0 spiro atoms. The van der Waals surface area contributed by atoms with E-state index >= 15 is 0 Å². The van der Waals surface area contributed by atoms with E-state index in [4.69, 9.17) is 17.0 Å². The van der Waals surface area contributed by atoms with Gasteiger partial charge in [-0.25, -0.2) is 0 Å². The molecule has 2 aliphatic rings. The Labute approximate surface area is 361 Å². The molecule has 8 rings (SSSR count). The summed E-state index contributed by atoms with van der Waals surface area (Å²) in [7, 11) is 11.0. The molecule has 294 valence electrons. The second kappa shape index (κ2) is 22.2. The van der Waals surface area contributed by atoms with Crippen molar-refractivity contribution in [3.8, 4) is 22.3 Å². The zero-order valence-corrected chi connectivity index (χ0v) is 40.4. The zero-order valence-electron chi connectivity index (χ0n) is 35.5. The van der Waals surface area contributed by atoms with Crippen LogP contribution < -0.4 is 0 Å². The van der Waals surface area contributed by atoms with Gasteiger partial charge in [-0.2, -0.15) is 12.1 Å². The normalized spacial score (nSPS) is 14.6. The van der Waals surface area contributed by atoms with Gasteiger partial charge in [0.25, 0.3) is 0 Å². The maximum absolute atomic E-state index is 4.93. The van der Waals surface area contributed by atoms with E-state index in [2.05, 4.69) is 140 Å². The molecular weight excluding hydrogens is 815 g/mol. The van der Waals surface area contributed by atoms with E-state index in [1.54, 1.807) is 0 Å². The van der Waals surface area contributed by atoms with Gasteiger partial charge in [0, 0.05) is 9.52 Å². The van der Waals surface area contributed by atoms with Crippen LogP contribution in [0.25, 0.3) is 43.8 Å². The summed E-state index contributed by atoms with van der Waals surface area (Å²) in [5, 5.41) is 5.70. The van der Waals surface area contributed by atoms with Crippen LogP contribution in [0, 0.1) is 53.4 Å². The molecule has 6 aromatic rings. The molecule has 0 amide bonds. The van der Waals surface area contributed by atoms with Gasteiger partial charge in [0.1, 0.15) is 0 Å². The number of rotatable bonds is 6. The molecule has 2 saturated carbocycles. The number of fused-ring (bicyclic) bond motifs is 2. The molecule has 56 heavy (non-hydrogen) atoms. The fraction of sp³-hybridized carbons (Fsp3) is 0.423. The van der Waals surface area contributed by atoms with Gasteiger partial charge in [-0.05, 0) is 77.3 Å². The van der Waals surface area contributed by atoms with E-state index in [0.717, 1.165) is 21.4 Å². The van der Waals surface area contributed by atoms with Crippen molar-refractivity contribution >= 4 is 48.1 Å². The first kappa shape index (κ1) is 44.9. The van der Waals surface area contributed by atoms with Crippen molar-refractivity contribution in [2.24, 2.45) is 11.8 Å². The van der Waals surface area contributed by atoms with Crippen LogP contribution in [0.4, 0.5) is 0 Å². The molecule has 0 heterocycles. The van der Waals surface area contributed by atoms with Gasteiger partial charge in [0.2, 0.25) is 0 Å². The number of benzene rings is 4. The van der Waals surface area contributed by atoms with Crippen molar-refractivity contribution in [1.82, 2.24) is 0 Å². The van der Waals surface area contributed by atoms with E-state index in [-0.39, 0.29) is 0 Å².